The summed E-state index contributed by atoms with van der Waals surface area (Å²) in [6, 6.07) is 51.8. The summed E-state index contributed by atoms with van der Waals surface area (Å²) in [5.41, 5.74) is 16.7. The Balaban J connectivity index is 0.985. The molecule has 8 aromatic rings. The Hall–Kier alpha value is -7.99. The first-order valence-corrected chi connectivity index (χ1v) is 26.2. The third-order valence-corrected chi connectivity index (χ3v) is 16.5. The monoisotopic (exact) mass is 947 g/mol. The van der Waals surface area contributed by atoms with E-state index in [2.05, 4.69) is 256 Å². The highest BCUT2D eigenvalue weighted by Gasteiger charge is 2.50. The van der Waals surface area contributed by atoms with Gasteiger partial charge in [0.05, 0.1) is 69.8 Å². The second-order valence-electron chi connectivity index (χ2n) is 20.8. The fraction of sp³-hybridized carbons (Fsp3) is 0.197. The minimum atomic E-state index is -0.350. The molecule has 0 bridgehead atoms. The van der Waals surface area contributed by atoms with E-state index in [9.17, 15) is 5.26 Å². The van der Waals surface area contributed by atoms with E-state index in [4.69, 9.17) is 0 Å². The van der Waals surface area contributed by atoms with E-state index in [-0.39, 0.29) is 42.4 Å². The molecule has 4 aliphatic carbocycles. The molecule has 8 unspecified atom stereocenters. The van der Waals surface area contributed by atoms with Crippen LogP contribution in [0.25, 0.3) is 50.2 Å². The zero-order valence-corrected chi connectivity index (χ0v) is 41.2. The second-order valence-corrected chi connectivity index (χ2v) is 20.8. The molecule has 73 heavy (non-hydrogen) atoms. The molecule has 356 valence electrons. The van der Waals surface area contributed by atoms with Crippen LogP contribution in [-0.2, 0) is 0 Å². The van der Waals surface area contributed by atoms with Crippen LogP contribution in [0.4, 0.5) is 5.69 Å². The van der Waals surface area contributed by atoms with E-state index in [0.717, 1.165) is 64.0 Å². The fourth-order valence-corrected chi connectivity index (χ4v) is 13.2. The number of fused-ring (bicyclic) bond motifs is 10. The van der Waals surface area contributed by atoms with E-state index < -0.39 is 0 Å². The lowest BCUT2D eigenvalue weighted by molar-refractivity contribution is 0.170. The van der Waals surface area contributed by atoms with Crippen molar-refractivity contribution in [2.75, 3.05) is 4.90 Å². The number of para-hydroxylation sites is 2. The van der Waals surface area contributed by atoms with Gasteiger partial charge in [0.25, 0.3) is 0 Å². The quantitative estimate of drug-likeness (QED) is 0.148. The van der Waals surface area contributed by atoms with Crippen molar-refractivity contribution >= 4 is 44.5 Å². The predicted molar refractivity (Wildman–Crippen MR) is 298 cm³/mol. The lowest BCUT2D eigenvalue weighted by Gasteiger charge is -2.43. The molecule has 3 N–H and O–H groups in total. The summed E-state index contributed by atoms with van der Waals surface area (Å²) in [6.45, 7) is 4.36. The van der Waals surface area contributed by atoms with Gasteiger partial charge in [0.1, 0.15) is 6.07 Å². The Kier molecular flexibility index (Phi) is 10.6. The van der Waals surface area contributed by atoms with Crippen molar-refractivity contribution in [3.63, 3.8) is 0 Å². The number of rotatable bonds is 7. The highest BCUT2D eigenvalue weighted by atomic mass is 15.4. The van der Waals surface area contributed by atoms with Crippen molar-refractivity contribution in [2.45, 2.75) is 63.7 Å². The molecule has 2 fully saturated rings. The predicted octanol–water partition coefficient (Wildman–Crippen LogP) is 14.1. The number of benzene rings is 6. The molecule has 14 rings (SSSR count). The molecule has 8 atom stereocenters. The highest BCUT2D eigenvalue weighted by Crippen LogP contribution is 2.55. The standard InChI is InChI=1S/C66H57N7/c1-41-26-33-57-52(36-41)53-37-42(2)27-34-58(53)72(57)61-39-60(73-56-25-15-13-23-51(56)62-59(73)35-32-50-49-22-12-14-24-55(49)71(63(50)62)48-20-10-5-11-21-48)47(40-67)38-54(61)66-69-64(45-18-8-4-9-19-45)68-65(70-66)46-30-28-44(29-31-46)43-16-6-3-7-17-43/h4-6,8-30,32-39,46,49-50,55,63-66,68-70H,3,7,31H2,1-2H3. The molecular formula is C66H57N7. The van der Waals surface area contributed by atoms with Crippen LogP contribution >= 0.6 is 0 Å². The average molecular weight is 948 g/mol. The Labute approximate surface area is 427 Å². The van der Waals surface area contributed by atoms with Crippen LogP contribution in [0, 0.1) is 42.9 Å². The van der Waals surface area contributed by atoms with Gasteiger partial charge in [-0.05, 0) is 110 Å². The number of hydrogen-bond acceptors (Lipinski definition) is 5. The minimum absolute atomic E-state index is 0.0784. The van der Waals surface area contributed by atoms with Crippen LogP contribution < -0.4 is 20.9 Å². The Morgan fingerprint density at radius 2 is 1.29 bits per heavy atom. The molecule has 0 spiro atoms. The van der Waals surface area contributed by atoms with Crippen molar-refractivity contribution in [3.8, 4) is 17.4 Å². The van der Waals surface area contributed by atoms with Gasteiger partial charge in [-0.2, -0.15) is 5.26 Å². The van der Waals surface area contributed by atoms with Crippen molar-refractivity contribution in [1.82, 2.24) is 25.1 Å². The summed E-state index contributed by atoms with van der Waals surface area (Å²) in [7, 11) is 0. The minimum Gasteiger partial charge on any atom is -0.357 e. The summed E-state index contributed by atoms with van der Waals surface area (Å²) >= 11 is 0. The van der Waals surface area contributed by atoms with Crippen LogP contribution in [0.3, 0.4) is 0 Å². The molecule has 7 nitrogen and oxygen atoms in total. The third kappa shape index (κ3) is 7.19. The van der Waals surface area contributed by atoms with E-state index in [1.165, 1.54) is 49.7 Å². The number of anilines is 1. The van der Waals surface area contributed by atoms with Crippen molar-refractivity contribution in [1.29, 1.82) is 5.26 Å². The molecule has 6 aromatic carbocycles. The lowest BCUT2D eigenvalue weighted by Crippen LogP contribution is -2.61. The molecule has 7 heteroatoms. The van der Waals surface area contributed by atoms with Crippen molar-refractivity contribution in [2.24, 2.45) is 17.8 Å². The van der Waals surface area contributed by atoms with Crippen LogP contribution in [0.15, 0.2) is 211 Å². The number of hydrogen-bond donors (Lipinski definition) is 3. The van der Waals surface area contributed by atoms with Gasteiger partial charge in [0.2, 0.25) is 0 Å². The van der Waals surface area contributed by atoms with Crippen molar-refractivity contribution < 1.29 is 0 Å². The summed E-state index contributed by atoms with van der Waals surface area (Å²) < 4.78 is 4.86. The van der Waals surface area contributed by atoms with Gasteiger partial charge in [-0.25, -0.2) is 0 Å². The van der Waals surface area contributed by atoms with Gasteiger partial charge >= 0.3 is 0 Å². The maximum absolute atomic E-state index is 11.7. The maximum atomic E-state index is 11.7. The zero-order chi connectivity index (χ0) is 48.7. The van der Waals surface area contributed by atoms with E-state index in [1.807, 2.05) is 0 Å². The first-order chi connectivity index (χ1) is 36.0. The van der Waals surface area contributed by atoms with Gasteiger partial charge in [-0.3, -0.25) is 16.0 Å². The van der Waals surface area contributed by atoms with E-state index in [1.54, 1.807) is 0 Å². The van der Waals surface area contributed by atoms with Crippen LogP contribution in [0.5, 0.6) is 0 Å². The third-order valence-electron chi connectivity index (χ3n) is 16.5. The Morgan fingerprint density at radius 1 is 0.575 bits per heavy atom. The molecule has 0 radical (unpaired) electrons. The number of nitrogens with one attached hydrogen (secondary N) is 3. The van der Waals surface area contributed by atoms with Crippen LogP contribution in [0.2, 0.25) is 0 Å². The number of aryl methyl sites for hydroxylation is 2. The van der Waals surface area contributed by atoms with Gasteiger partial charge in [0.15, 0.2) is 0 Å². The Bertz CT molecular complexity index is 3740. The first kappa shape index (κ1) is 43.8. The van der Waals surface area contributed by atoms with E-state index >= 15 is 0 Å². The zero-order valence-electron chi connectivity index (χ0n) is 41.2. The fourth-order valence-electron chi connectivity index (χ4n) is 13.2. The smallest absolute Gasteiger partial charge is 0.101 e. The summed E-state index contributed by atoms with van der Waals surface area (Å²) in [5, 5.41) is 27.5. The maximum Gasteiger partial charge on any atom is 0.101 e. The highest BCUT2D eigenvalue weighted by molar-refractivity contribution is 6.10. The van der Waals surface area contributed by atoms with Gasteiger partial charge in [-0.1, -0.05) is 157 Å². The summed E-state index contributed by atoms with van der Waals surface area (Å²) in [6.07, 6.45) is 30.5. The van der Waals surface area contributed by atoms with Crippen LogP contribution in [-0.4, -0.2) is 21.3 Å². The number of aromatic nitrogens is 2. The molecule has 4 heterocycles. The normalized spacial score (nSPS) is 24.9. The topological polar surface area (TPSA) is 73.0 Å². The first-order valence-electron chi connectivity index (χ1n) is 26.2. The molecule has 6 aliphatic rings. The van der Waals surface area contributed by atoms with Gasteiger partial charge in [-0.15, -0.1) is 0 Å². The Morgan fingerprint density at radius 3 is 2.03 bits per heavy atom. The SMILES string of the molecule is Cc1ccc2c(c1)c1cc(C)ccc1n2-c1cc(-n2c3c(c4ccccc42)C2C(C=C3)C3C=CC=CC3N2c2ccccc2)c(C#N)cc1C1NC(c2ccccc2)NC(C2C=CC(C3=CCCC=C3)=CC2)N1. The van der Waals surface area contributed by atoms with Crippen molar-refractivity contribution in [3.05, 3.63) is 251 Å². The molecular weight excluding hydrogens is 891 g/mol. The molecule has 0 saturated carbocycles. The molecule has 0 amide bonds. The average Bonchev–Trinajstić information content (AvgIpc) is 4.09. The lowest BCUT2D eigenvalue weighted by atomic mass is 9.79. The largest absolute Gasteiger partial charge is 0.357 e. The van der Waals surface area contributed by atoms with Gasteiger partial charge < -0.3 is 14.0 Å². The molecule has 2 saturated heterocycles. The second kappa shape index (κ2) is 17.6. The summed E-state index contributed by atoms with van der Waals surface area (Å²) in [5.74, 6) is 0.771. The molecule has 2 aromatic heterocycles. The number of allylic oxidation sites excluding steroid dienone is 9. The number of nitrogens with zero attached hydrogens (tertiary/aromatic N) is 4. The van der Waals surface area contributed by atoms with E-state index in [0.29, 0.717) is 11.5 Å². The summed E-state index contributed by atoms with van der Waals surface area (Å²) in [4.78, 5) is 2.66. The van der Waals surface area contributed by atoms with Gasteiger partial charge in [0, 0.05) is 50.7 Å². The van der Waals surface area contributed by atoms with Crippen LogP contribution in [0.1, 0.15) is 76.7 Å². The molecule has 2 aliphatic heterocycles. The number of nitriles is 1.